The fourth-order valence-electron chi connectivity index (χ4n) is 9.00. The number of para-hydroxylation sites is 3. The van der Waals surface area contributed by atoms with E-state index in [1.165, 1.54) is 33.5 Å². The van der Waals surface area contributed by atoms with Crippen molar-refractivity contribution in [2.24, 2.45) is 0 Å². The van der Waals surface area contributed by atoms with Gasteiger partial charge in [0.15, 0.2) is 0 Å². The van der Waals surface area contributed by atoms with Crippen LogP contribution in [-0.4, -0.2) is 4.98 Å². The standard InChI is InChI=1S/C58H51N4O.Pt/c1-38(2)50-32-41(40-18-9-8-10-19-40)33-51(39(3)4)57(50)61-37-60(53-26-15-16-27-54(53)61)43-20-17-21-44(35-43)63-45-28-29-49-47-23-12-11-22-46(47)48-24-13-14-25-52(48)62(55(49)36-45)56-34-42(30-31-59-56)58(5,6)7;/h8-34,37-39H,1-7H3;/q-3;. The number of anilines is 7. The number of pyridine rings is 1. The first-order valence-corrected chi connectivity index (χ1v) is 22.0. The van der Waals surface area contributed by atoms with Gasteiger partial charge in [0.25, 0.3) is 0 Å². The van der Waals surface area contributed by atoms with Crippen molar-refractivity contribution in [3.05, 3.63) is 199 Å². The van der Waals surface area contributed by atoms with E-state index in [2.05, 4.69) is 221 Å². The van der Waals surface area contributed by atoms with E-state index >= 15 is 0 Å². The summed E-state index contributed by atoms with van der Waals surface area (Å²) in [7, 11) is 0. The zero-order valence-corrected chi connectivity index (χ0v) is 39.6. The summed E-state index contributed by atoms with van der Waals surface area (Å²) < 4.78 is 6.77. The van der Waals surface area contributed by atoms with Crippen LogP contribution in [0.1, 0.15) is 77.0 Å². The van der Waals surface area contributed by atoms with E-state index in [9.17, 15) is 0 Å². The van der Waals surface area contributed by atoms with Gasteiger partial charge in [-0.1, -0.05) is 145 Å². The second-order valence-electron chi connectivity index (χ2n) is 18.2. The number of ether oxygens (including phenoxy) is 1. The first-order chi connectivity index (χ1) is 30.5. The van der Waals surface area contributed by atoms with Crippen molar-refractivity contribution < 1.29 is 25.8 Å². The van der Waals surface area contributed by atoms with E-state index in [1.54, 1.807) is 0 Å². The van der Waals surface area contributed by atoms with Crippen LogP contribution < -0.4 is 19.4 Å². The molecular weight excluding hydrogens is 964 g/mol. The van der Waals surface area contributed by atoms with Crippen molar-refractivity contribution in [2.45, 2.75) is 65.7 Å². The molecule has 0 amide bonds. The maximum Gasteiger partial charge on any atom is 0.135 e. The van der Waals surface area contributed by atoms with Gasteiger partial charge in [0.1, 0.15) is 5.82 Å². The van der Waals surface area contributed by atoms with Gasteiger partial charge in [0, 0.05) is 61.4 Å². The normalized spacial score (nSPS) is 12.9. The van der Waals surface area contributed by atoms with Gasteiger partial charge in [-0.15, -0.1) is 48.3 Å². The topological polar surface area (TPSA) is 31.8 Å². The van der Waals surface area contributed by atoms with Crippen LogP contribution in [0.4, 0.5) is 39.9 Å². The maximum absolute atomic E-state index is 6.77. The number of benzene rings is 7. The average Bonchev–Trinajstić information content (AvgIpc) is 3.63. The molecular formula is C58H51N4OPt-3. The Bertz CT molecular complexity index is 2960. The molecule has 8 aromatic rings. The third-order valence-corrected chi connectivity index (χ3v) is 12.2. The molecule has 0 aliphatic carbocycles. The van der Waals surface area contributed by atoms with Crippen LogP contribution >= 0.6 is 0 Å². The molecule has 5 nitrogen and oxygen atoms in total. The third-order valence-electron chi connectivity index (χ3n) is 12.2. The fraction of sp³-hybridized carbons (Fsp3) is 0.172. The summed E-state index contributed by atoms with van der Waals surface area (Å²) in [4.78, 5) is 11.8. The van der Waals surface area contributed by atoms with Gasteiger partial charge in [-0.25, -0.2) is 4.98 Å². The first-order valence-electron chi connectivity index (χ1n) is 22.0. The minimum Gasteiger partial charge on any atom is -0.509 e. The van der Waals surface area contributed by atoms with Gasteiger partial charge >= 0.3 is 0 Å². The zero-order chi connectivity index (χ0) is 43.4. The summed E-state index contributed by atoms with van der Waals surface area (Å²) in [6, 6.07) is 63.2. The molecule has 0 spiro atoms. The number of rotatable bonds is 8. The van der Waals surface area contributed by atoms with Gasteiger partial charge in [-0.2, -0.15) is 12.1 Å². The predicted octanol–water partition coefficient (Wildman–Crippen LogP) is 16.2. The second kappa shape index (κ2) is 17.3. The summed E-state index contributed by atoms with van der Waals surface area (Å²) in [5.74, 6) is 2.61. The van der Waals surface area contributed by atoms with E-state index in [1.807, 2.05) is 24.4 Å². The van der Waals surface area contributed by atoms with Crippen LogP contribution in [0, 0.1) is 18.8 Å². The molecule has 322 valence electrons. The fourth-order valence-corrected chi connectivity index (χ4v) is 9.00. The Hall–Kier alpha value is -6.42. The van der Waals surface area contributed by atoms with E-state index < -0.39 is 0 Å². The van der Waals surface area contributed by atoms with E-state index in [0.717, 1.165) is 56.5 Å². The summed E-state index contributed by atoms with van der Waals surface area (Å²) >= 11 is 0. The quantitative estimate of drug-likeness (QED) is 0.142. The summed E-state index contributed by atoms with van der Waals surface area (Å²) in [6.07, 6.45) is 1.92. The minimum absolute atomic E-state index is 0. The van der Waals surface area contributed by atoms with Crippen LogP contribution in [0.25, 0.3) is 33.4 Å². The Morgan fingerprint density at radius 2 is 1.14 bits per heavy atom. The van der Waals surface area contributed by atoms with Gasteiger partial charge in [-0.05, 0) is 93.1 Å². The molecule has 6 heteroatoms. The molecule has 7 aromatic carbocycles. The Morgan fingerprint density at radius 1 is 0.547 bits per heavy atom. The summed E-state index contributed by atoms with van der Waals surface area (Å²) in [5.41, 5.74) is 16.9. The van der Waals surface area contributed by atoms with Gasteiger partial charge in [0.2, 0.25) is 0 Å². The van der Waals surface area contributed by atoms with Gasteiger partial charge < -0.3 is 19.4 Å². The van der Waals surface area contributed by atoms with Crippen LogP contribution in [0.5, 0.6) is 11.5 Å². The van der Waals surface area contributed by atoms with Crippen molar-refractivity contribution in [1.82, 2.24) is 4.98 Å². The zero-order valence-electron chi connectivity index (χ0n) is 37.3. The van der Waals surface area contributed by atoms with E-state index in [4.69, 9.17) is 9.72 Å². The van der Waals surface area contributed by atoms with Crippen LogP contribution in [0.3, 0.4) is 0 Å². The summed E-state index contributed by atoms with van der Waals surface area (Å²) in [6.45, 7) is 18.1. The number of hydrogen-bond donors (Lipinski definition) is 0. The molecule has 10 rings (SSSR count). The smallest absolute Gasteiger partial charge is 0.135 e. The Balaban J connectivity index is 0.00000518. The molecule has 0 fully saturated rings. The molecule has 0 radical (unpaired) electrons. The van der Waals surface area contributed by atoms with Crippen molar-refractivity contribution in [2.75, 3.05) is 14.7 Å². The van der Waals surface area contributed by atoms with E-state index in [0.29, 0.717) is 23.3 Å². The molecule has 0 saturated heterocycles. The molecule has 3 heterocycles. The predicted molar refractivity (Wildman–Crippen MR) is 261 cm³/mol. The Labute approximate surface area is 393 Å². The Kier molecular flexibility index (Phi) is 11.6. The monoisotopic (exact) mass is 1010 g/mol. The molecule has 0 atom stereocenters. The third kappa shape index (κ3) is 7.81. The maximum atomic E-state index is 6.77. The molecule has 0 N–H and O–H groups in total. The molecule has 2 aliphatic rings. The summed E-state index contributed by atoms with van der Waals surface area (Å²) in [5, 5.41) is 0. The molecule has 0 bridgehead atoms. The van der Waals surface area contributed by atoms with Gasteiger partial charge in [-0.3, -0.25) is 0 Å². The average molecular weight is 1020 g/mol. The SMILES string of the molecule is CC(C)c1cc(-c2ccccc2)cc(C(C)C)c1N1[CH-]N(c2[c-]c(Oc3[c-]c4c(cc3)-c3ccccc3-c3ccccc3N4c3cc(C(C)(C)C)ccn3)ccc2)c2ccccc21.[Pt]. The van der Waals surface area contributed by atoms with Crippen LogP contribution in [0.2, 0.25) is 0 Å². The van der Waals surface area contributed by atoms with Crippen molar-refractivity contribution in [3.63, 3.8) is 0 Å². The Morgan fingerprint density at radius 3 is 1.81 bits per heavy atom. The number of nitrogens with zero attached hydrogens (tertiary/aromatic N) is 4. The van der Waals surface area contributed by atoms with Crippen molar-refractivity contribution in [1.29, 1.82) is 0 Å². The van der Waals surface area contributed by atoms with Crippen molar-refractivity contribution >= 4 is 39.9 Å². The number of hydrogen-bond acceptors (Lipinski definition) is 5. The van der Waals surface area contributed by atoms with Crippen LogP contribution in [0.15, 0.2) is 164 Å². The first kappa shape index (κ1) is 42.9. The largest absolute Gasteiger partial charge is 0.509 e. The van der Waals surface area contributed by atoms with Crippen LogP contribution in [-0.2, 0) is 26.5 Å². The molecule has 1 aromatic heterocycles. The molecule has 64 heavy (non-hydrogen) atoms. The van der Waals surface area contributed by atoms with E-state index in [-0.39, 0.29) is 26.5 Å². The molecule has 0 unspecified atom stereocenters. The molecule has 2 aliphatic heterocycles. The minimum atomic E-state index is -0.0604. The molecule has 0 saturated carbocycles. The van der Waals surface area contributed by atoms with Gasteiger partial charge in [0.05, 0.1) is 5.69 Å². The van der Waals surface area contributed by atoms with Crippen molar-refractivity contribution in [3.8, 4) is 44.9 Å². The second-order valence-corrected chi connectivity index (χ2v) is 18.2. The number of fused-ring (bicyclic) bond motifs is 6. The number of aromatic nitrogens is 1.